The number of ether oxygens (including phenoxy) is 1. The van der Waals surface area contributed by atoms with Crippen molar-refractivity contribution < 1.29 is 33.5 Å². The third kappa shape index (κ3) is 8.29. The van der Waals surface area contributed by atoms with Crippen molar-refractivity contribution in [2.45, 2.75) is 50.9 Å². The van der Waals surface area contributed by atoms with E-state index in [1.54, 1.807) is 23.1 Å². The molecule has 0 bridgehead atoms. The molecule has 42 heavy (non-hydrogen) atoms. The molecule has 1 fully saturated rings. The molecule has 2 heterocycles. The number of hydrogen-bond acceptors (Lipinski definition) is 7. The number of nitrogens with one attached hydrogen (secondary N) is 4. The number of rotatable bonds is 7. The van der Waals surface area contributed by atoms with Gasteiger partial charge < -0.3 is 36.6 Å². The molecule has 2 aromatic rings. The Kier molecular flexibility index (Phi) is 10.1. The van der Waals surface area contributed by atoms with Gasteiger partial charge in [-0.05, 0) is 29.7 Å². The summed E-state index contributed by atoms with van der Waals surface area (Å²) in [5.41, 5.74) is 7.14. The first-order valence-electron chi connectivity index (χ1n) is 13.7. The Morgan fingerprint density at radius 2 is 1.74 bits per heavy atom. The van der Waals surface area contributed by atoms with Gasteiger partial charge in [-0.25, -0.2) is 0 Å². The molecule has 2 aliphatic rings. The van der Waals surface area contributed by atoms with Crippen molar-refractivity contribution in [2.24, 2.45) is 5.73 Å². The maximum Gasteiger partial charge on any atom is 0.255 e. The van der Waals surface area contributed by atoms with Crippen LogP contribution in [0.25, 0.3) is 0 Å². The Labute approximate surface area is 242 Å². The molecule has 0 radical (unpaired) electrons. The van der Waals surface area contributed by atoms with Gasteiger partial charge in [0.15, 0.2) is 0 Å². The standard InChI is InChI=1S/C29H34N6O7/c30-24(36)14-21-28(40)31-11-13-42-23-5-2-1-4-20(23)27(39)34-22(15-25(37)33-21)29(41)32-16-18-7-9-19(10-8-18)17-35-12-3-6-26(35)38/h1-2,4-5,7-10,21-22H,3,6,11-17H2,(H2,30,36)(H,31,40)(H,32,41)(H,33,37)(H,34,39)/t21-,22-/m0/s1. The van der Waals surface area contributed by atoms with E-state index in [2.05, 4.69) is 21.3 Å². The average molecular weight is 579 g/mol. The van der Waals surface area contributed by atoms with E-state index in [9.17, 15) is 28.8 Å². The number of likely N-dealkylation sites (tertiary alicyclic amines) is 1. The molecule has 0 unspecified atom stereocenters. The Morgan fingerprint density at radius 1 is 1.00 bits per heavy atom. The number of nitrogens with two attached hydrogens (primary N) is 1. The fourth-order valence-electron chi connectivity index (χ4n) is 4.70. The minimum Gasteiger partial charge on any atom is -0.491 e. The molecule has 0 aromatic heterocycles. The maximum atomic E-state index is 13.2. The smallest absolute Gasteiger partial charge is 0.255 e. The average Bonchev–Trinajstić information content (AvgIpc) is 3.37. The van der Waals surface area contributed by atoms with Gasteiger partial charge in [0.1, 0.15) is 24.4 Å². The van der Waals surface area contributed by atoms with E-state index in [-0.39, 0.29) is 36.9 Å². The van der Waals surface area contributed by atoms with Crippen molar-refractivity contribution in [2.75, 3.05) is 19.7 Å². The molecule has 13 nitrogen and oxygen atoms in total. The Balaban J connectivity index is 1.47. The highest BCUT2D eigenvalue weighted by Crippen LogP contribution is 2.19. The van der Waals surface area contributed by atoms with Gasteiger partial charge >= 0.3 is 0 Å². The summed E-state index contributed by atoms with van der Waals surface area (Å²) in [5, 5.41) is 10.3. The van der Waals surface area contributed by atoms with Crippen LogP contribution < -0.4 is 31.7 Å². The lowest BCUT2D eigenvalue weighted by molar-refractivity contribution is -0.132. The summed E-state index contributed by atoms with van der Waals surface area (Å²) < 4.78 is 5.67. The van der Waals surface area contributed by atoms with E-state index < -0.39 is 54.5 Å². The second-order valence-electron chi connectivity index (χ2n) is 10.1. The molecule has 2 aliphatic heterocycles. The number of carbonyl (C=O) groups excluding carboxylic acids is 6. The molecule has 2 aromatic carbocycles. The Morgan fingerprint density at radius 3 is 2.45 bits per heavy atom. The van der Waals surface area contributed by atoms with Crippen LogP contribution in [0.3, 0.4) is 0 Å². The van der Waals surface area contributed by atoms with E-state index in [4.69, 9.17) is 10.5 Å². The van der Waals surface area contributed by atoms with E-state index in [0.29, 0.717) is 13.0 Å². The van der Waals surface area contributed by atoms with Crippen molar-refractivity contribution in [3.8, 4) is 5.75 Å². The van der Waals surface area contributed by atoms with Gasteiger partial charge in [-0.2, -0.15) is 0 Å². The lowest BCUT2D eigenvalue weighted by atomic mass is 10.1. The molecular weight excluding hydrogens is 544 g/mol. The summed E-state index contributed by atoms with van der Waals surface area (Å²) >= 11 is 0. The molecule has 222 valence electrons. The fraction of sp³-hybridized carbons (Fsp3) is 0.379. The molecule has 6 N–H and O–H groups in total. The number of carbonyl (C=O) groups is 6. The summed E-state index contributed by atoms with van der Waals surface area (Å²) in [6, 6.07) is 11.2. The largest absolute Gasteiger partial charge is 0.491 e. The van der Waals surface area contributed by atoms with Crippen LogP contribution in [0, 0.1) is 0 Å². The van der Waals surface area contributed by atoms with E-state index in [1.807, 2.05) is 24.3 Å². The zero-order valence-corrected chi connectivity index (χ0v) is 23.0. The molecular formula is C29H34N6O7. The summed E-state index contributed by atoms with van der Waals surface area (Å²) in [6.07, 6.45) is 0.464. The Hall–Kier alpha value is -4.94. The van der Waals surface area contributed by atoms with Crippen LogP contribution in [0.5, 0.6) is 5.75 Å². The van der Waals surface area contributed by atoms with Crippen molar-refractivity contribution >= 4 is 35.4 Å². The molecule has 2 atom stereocenters. The van der Waals surface area contributed by atoms with Crippen LogP contribution in [0.15, 0.2) is 48.5 Å². The van der Waals surface area contributed by atoms with Crippen molar-refractivity contribution in [3.63, 3.8) is 0 Å². The first-order valence-corrected chi connectivity index (χ1v) is 13.7. The number of fused-ring (bicyclic) bond motifs is 1. The van der Waals surface area contributed by atoms with Crippen LogP contribution in [0.2, 0.25) is 0 Å². The van der Waals surface area contributed by atoms with E-state index in [0.717, 1.165) is 24.1 Å². The SMILES string of the molecule is NC(=O)C[C@@H]1NC(=O)C[C@@H](C(=O)NCc2ccc(CN3CCCC3=O)cc2)NC(=O)c2ccccc2OCCNC1=O. The molecule has 0 saturated carbocycles. The number of nitrogens with zero attached hydrogens (tertiary/aromatic N) is 1. The number of primary amides is 1. The first-order chi connectivity index (χ1) is 20.2. The van der Waals surface area contributed by atoms with Gasteiger partial charge in [-0.1, -0.05) is 36.4 Å². The molecule has 1 saturated heterocycles. The molecule has 6 amide bonds. The molecule has 0 spiro atoms. The highest BCUT2D eigenvalue weighted by Gasteiger charge is 2.29. The van der Waals surface area contributed by atoms with Crippen LogP contribution in [0.4, 0.5) is 0 Å². The van der Waals surface area contributed by atoms with Crippen molar-refractivity contribution in [1.29, 1.82) is 0 Å². The van der Waals surface area contributed by atoms with Crippen molar-refractivity contribution in [3.05, 3.63) is 65.2 Å². The van der Waals surface area contributed by atoms with Gasteiger partial charge in [-0.15, -0.1) is 0 Å². The monoisotopic (exact) mass is 578 g/mol. The van der Waals surface area contributed by atoms with Gasteiger partial charge in [-0.3, -0.25) is 28.8 Å². The zero-order valence-electron chi connectivity index (χ0n) is 23.0. The van der Waals surface area contributed by atoms with Gasteiger partial charge in [0.2, 0.25) is 29.5 Å². The summed E-state index contributed by atoms with van der Waals surface area (Å²) in [7, 11) is 0. The predicted octanol–water partition coefficient (Wildman–Crippen LogP) is -0.517. The molecule has 4 rings (SSSR count). The lowest BCUT2D eigenvalue weighted by Crippen LogP contribution is -2.53. The topological polar surface area (TPSA) is 189 Å². The zero-order chi connectivity index (χ0) is 30.1. The second kappa shape index (κ2) is 14.1. The Bertz CT molecular complexity index is 1350. The normalized spacial score (nSPS) is 19.9. The van der Waals surface area contributed by atoms with Crippen LogP contribution in [-0.2, 0) is 37.1 Å². The highest BCUT2D eigenvalue weighted by molar-refractivity contribution is 6.01. The number of para-hydroxylation sites is 1. The van der Waals surface area contributed by atoms with Crippen molar-refractivity contribution in [1.82, 2.24) is 26.2 Å². The van der Waals surface area contributed by atoms with E-state index in [1.165, 1.54) is 6.07 Å². The number of benzene rings is 2. The summed E-state index contributed by atoms with van der Waals surface area (Å²) in [5.74, 6) is -3.08. The second-order valence-corrected chi connectivity index (χ2v) is 10.1. The van der Waals surface area contributed by atoms with Gasteiger partial charge in [0.05, 0.1) is 24.9 Å². The fourth-order valence-corrected chi connectivity index (χ4v) is 4.70. The number of hydrogen-bond donors (Lipinski definition) is 5. The number of amides is 6. The highest BCUT2D eigenvalue weighted by atomic mass is 16.5. The van der Waals surface area contributed by atoms with E-state index >= 15 is 0 Å². The maximum absolute atomic E-state index is 13.2. The molecule has 13 heteroatoms. The summed E-state index contributed by atoms with van der Waals surface area (Å²) in [4.78, 5) is 77.2. The van der Waals surface area contributed by atoms with Crippen LogP contribution in [-0.4, -0.2) is 72.1 Å². The van der Waals surface area contributed by atoms with Gasteiger partial charge in [0, 0.05) is 26.1 Å². The van der Waals surface area contributed by atoms with Crippen LogP contribution >= 0.6 is 0 Å². The quantitative estimate of drug-likeness (QED) is 0.292. The first kappa shape index (κ1) is 30.0. The third-order valence-corrected chi connectivity index (χ3v) is 6.89. The van der Waals surface area contributed by atoms with Gasteiger partial charge in [0.25, 0.3) is 5.91 Å². The summed E-state index contributed by atoms with van der Waals surface area (Å²) in [6.45, 7) is 1.42. The minimum atomic E-state index is -1.31. The van der Waals surface area contributed by atoms with Crippen LogP contribution in [0.1, 0.15) is 47.2 Å². The molecule has 0 aliphatic carbocycles. The third-order valence-electron chi connectivity index (χ3n) is 6.89. The predicted molar refractivity (Wildman–Crippen MR) is 149 cm³/mol. The lowest BCUT2D eigenvalue weighted by Gasteiger charge is -2.22. The minimum absolute atomic E-state index is 0.00428.